The molecule has 0 atom stereocenters. The lowest BCUT2D eigenvalue weighted by Crippen LogP contribution is -2.34. The van der Waals surface area contributed by atoms with Crippen LogP contribution in [0.3, 0.4) is 0 Å². The summed E-state index contributed by atoms with van der Waals surface area (Å²) in [4.78, 5) is 0. The number of fused-ring (bicyclic) bond motifs is 2. The number of halogens is 1. The molecular weight excluding hydrogens is 230 g/mol. The van der Waals surface area contributed by atoms with Gasteiger partial charge >= 0.3 is 0 Å². The summed E-state index contributed by atoms with van der Waals surface area (Å²) in [6.07, 6.45) is 0. The maximum absolute atomic E-state index is 6.49. The molecule has 0 aliphatic carbocycles. The SMILES string of the molecule is CC[n+]1c2ccccc2c(Cl)c2ccccc21. The lowest BCUT2D eigenvalue weighted by atomic mass is 10.1. The molecule has 0 bridgehead atoms. The summed E-state index contributed by atoms with van der Waals surface area (Å²) in [5.74, 6) is 0. The minimum Gasteiger partial charge on any atom is -0.192 e. The molecule has 0 spiro atoms. The average Bonchev–Trinajstić information content (AvgIpc) is 2.40. The molecule has 1 nitrogen and oxygen atoms in total. The largest absolute Gasteiger partial charge is 0.214 e. The number of nitrogens with zero attached hydrogens (tertiary/aromatic N) is 1. The number of pyridine rings is 1. The van der Waals surface area contributed by atoms with Crippen molar-refractivity contribution < 1.29 is 4.57 Å². The monoisotopic (exact) mass is 242 g/mol. The number of aryl methyl sites for hydroxylation is 1. The van der Waals surface area contributed by atoms with E-state index >= 15 is 0 Å². The van der Waals surface area contributed by atoms with Crippen molar-refractivity contribution in [2.24, 2.45) is 0 Å². The first-order valence-electron chi connectivity index (χ1n) is 5.81. The van der Waals surface area contributed by atoms with Crippen LogP contribution in [0.2, 0.25) is 5.02 Å². The van der Waals surface area contributed by atoms with E-state index in [1.807, 2.05) is 12.1 Å². The maximum atomic E-state index is 6.49. The van der Waals surface area contributed by atoms with Crippen molar-refractivity contribution in [1.82, 2.24) is 0 Å². The van der Waals surface area contributed by atoms with Crippen LogP contribution in [0, 0.1) is 0 Å². The molecule has 1 aromatic heterocycles. The van der Waals surface area contributed by atoms with Crippen molar-refractivity contribution in [3.8, 4) is 0 Å². The predicted octanol–water partition coefficient (Wildman–Crippen LogP) is 3.95. The molecule has 1 heterocycles. The van der Waals surface area contributed by atoms with Crippen LogP contribution in [0.4, 0.5) is 0 Å². The second kappa shape index (κ2) is 4.01. The zero-order chi connectivity index (χ0) is 11.8. The Hall–Kier alpha value is -1.60. The molecule has 0 amide bonds. The molecular formula is C15H13ClN+. The number of hydrogen-bond acceptors (Lipinski definition) is 0. The Balaban J connectivity index is 2.63. The van der Waals surface area contributed by atoms with Crippen molar-refractivity contribution in [2.45, 2.75) is 13.5 Å². The van der Waals surface area contributed by atoms with Gasteiger partial charge in [-0.2, -0.15) is 4.57 Å². The van der Waals surface area contributed by atoms with E-state index < -0.39 is 0 Å². The van der Waals surface area contributed by atoms with Gasteiger partial charge in [0.15, 0.2) is 0 Å². The molecule has 3 aromatic rings. The molecule has 84 valence electrons. The summed E-state index contributed by atoms with van der Waals surface area (Å²) in [7, 11) is 0. The van der Waals surface area contributed by atoms with E-state index in [1.54, 1.807) is 0 Å². The van der Waals surface area contributed by atoms with E-state index in [2.05, 4.69) is 47.9 Å². The molecule has 0 fully saturated rings. The first kappa shape index (κ1) is 10.5. The molecule has 0 N–H and O–H groups in total. The zero-order valence-electron chi connectivity index (χ0n) is 9.65. The normalized spacial score (nSPS) is 11.2. The van der Waals surface area contributed by atoms with Gasteiger partial charge in [0.1, 0.15) is 6.54 Å². The summed E-state index contributed by atoms with van der Waals surface area (Å²) in [6.45, 7) is 3.10. The van der Waals surface area contributed by atoms with Gasteiger partial charge in [-0.15, -0.1) is 0 Å². The minimum absolute atomic E-state index is 0.848. The molecule has 2 aromatic carbocycles. The van der Waals surface area contributed by atoms with Crippen LogP contribution in [0.25, 0.3) is 21.8 Å². The van der Waals surface area contributed by atoms with Gasteiger partial charge in [0, 0.05) is 12.1 Å². The highest BCUT2D eigenvalue weighted by Gasteiger charge is 2.16. The summed E-state index contributed by atoms with van der Waals surface area (Å²) >= 11 is 6.49. The highest BCUT2D eigenvalue weighted by molar-refractivity contribution is 6.39. The number of aromatic nitrogens is 1. The van der Waals surface area contributed by atoms with E-state index in [0.717, 1.165) is 22.3 Å². The zero-order valence-corrected chi connectivity index (χ0v) is 10.4. The van der Waals surface area contributed by atoms with E-state index in [9.17, 15) is 0 Å². The Morgan fingerprint density at radius 2 is 1.35 bits per heavy atom. The molecule has 0 saturated heterocycles. The summed E-state index contributed by atoms with van der Waals surface area (Å²) in [5, 5.41) is 3.09. The van der Waals surface area contributed by atoms with E-state index in [4.69, 9.17) is 11.6 Å². The molecule has 0 radical (unpaired) electrons. The van der Waals surface area contributed by atoms with Crippen molar-refractivity contribution >= 4 is 33.4 Å². The van der Waals surface area contributed by atoms with Crippen molar-refractivity contribution in [1.29, 1.82) is 0 Å². The van der Waals surface area contributed by atoms with Crippen LogP contribution in [-0.2, 0) is 6.54 Å². The van der Waals surface area contributed by atoms with Gasteiger partial charge in [-0.1, -0.05) is 35.9 Å². The van der Waals surface area contributed by atoms with Crippen LogP contribution in [0.5, 0.6) is 0 Å². The fourth-order valence-corrected chi connectivity index (χ4v) is 2.72. The highest BCUT2D eigenvalue weighted by Crippen LogP contribution is 2.28. The fraction of sp³-hybridized carbons (Fsp3) is 0.133. The third kappa shape index (κ3) is 1.50. The molecule has 17 heavy (non-hydrogen) atoms. The van der Waals surface area contributed by atoms with Gasteiger partial charge in [0.05, 0.1) is 15.8 Å². The van der Waals surface area contributed by atoms with Gasteiger partial charge < -0.3 is 0 Å². The Labute approximate surface area is 105 Å². The Morgan fingerprint density at radius 1 is 0.882 bits per heavy atom. The number of para-hydroxylation sites is 2. The quantitative estimate of drug-likeness (QED) is 0.449. The first-order valence-corrected chi connectivity index (χ1v) is 6.19. The second-order valence-corrected chi connectivity index (χ2v) is 4.47. The van der Waals surface area contributed by atoms with Crippen LogP contribution >= 0.6 is 11.6 Å². The predicted molar refractivity (Wildman–Crippen MR) is 72.3 cm³/mol. The van der Waals surface area contributed by atoms with E-state index in [1.165, 1.54) is 11.0 Å². The van der Waals surface area contributed by atoms with Gasteiger partial charge in [-0.3, -0.25) is 0 Å². The molecule has 3 rings (SSSR count). The molecule has 0 aliphatic heterocycles. The van der Waals surface area contributed by atoms with Gasteiger partial charge in [-0.05, 0) is 19.1 Å². The minimum atomic E-state index is 0.848. The lowest BCUT2D eigenvalue weighted by Gasteiger charge is -2.06. The lowest BCUT2D eigenvalue weighted by molar-refractivity contribution is -0.641. The third-order valence-corrected chi connectivity index (χ3v) is 3.59. The molecule has 2 heteroatoms. The number of benzene rings is 2. The summed E-state index contributed by atoms with van der Waals surface area (Å²) < 4.78 is 2.30. The van der Waals surface area contributed by atoms with Crippen LogP contribution in [0.1, 0.15) is 6.92 Å². The number of hydrogen-bond donors (Lipinski definition) is 0. The molecule has 0 unspecified atom stereocenters. The highest BCUT2D eigenvalue weighted by atomic mass is 35.5. The molecule has 0 saturated carbocycles. The first-order chi connectivity index (χ1) is 8.33. The van der Waals surface area contributed by atoms with Crippen LogP contribution in [-0.4, -0.2) is 0 Å². The number of rotatable bonds is 1. The van der Waals surface area contributed by atoms with Crippen LogP contribution in [0.15, 0.2) is 48.5 Å². The second-order valence-electron chi connectivity index (χ2n) is 4.09. The Bertz CT molecular complexity index is 647. The summed E-state index contributed by atoms with van der Waals surface area (Å²) in [6, 6.07) is 16.6. The van der Waals surface area contributed by atoms with Crippen molar-refractivity contribution in [2.75, 3.05) is 0 Å². The van der Waals surface area contributed by atoms with E-state index in [0.29, 0.717) is 0 Å². The summed E-state index contributed by atoms with van der Waals surface area (Å²) in [5.41, 5.74) is 2.39. The smallest absolute Gasteiger partial charge is 0.192 e. The third-order valence-electron chi connectivity index (χ3n) is 3.18. The Kier molecular flexibility index (Phi) is 2.49. The molecule has 0 aliphatic rings. The standard InChI is InChI=1S/C15H13ClN/c1-2-17-13-9-5-3-7-11(13)15(16)12-8-4-6-10-14(12)17/h3-10H,2H2,1H3/q+1. The van der Waals surface area contributed by atoms with Crippen LogP contribution < -0.4 is 4.57 Å². The van der Waals surface area contributed by atoms with Gasteiger partial charge in [-0.25, -0.2) is 0 Å². The topological polar surface area (TPSA) is 3.88 Å². The van der Waals surface area contributed by atoms with E-state index in [-0.39, 0.29) is 0 Å². The average molecular weight is 243 g/mol. The van der Waals surface area contributed by atoms with Gasteiger partial charge in [0.25, 0.3) is 0 Å². The van der Waals surface area contributed by atoms with Crippen molar-refractivity contribution in [3.05, 3.63) is 53.6 Å². The van der Waals surface area contributed by atoms with Crippen molar-refractivity contribution in [3.63, 3.8) is 0 Å². The fourth-order valence-electron chi connectivity index (χ4n) is 2.40. The van der Waals surface area contributed by atoms with Gasteiger partial charge in [0.2, 0.25) is 11.0 Å². The Morgan fingerprint density at radius 3 is 1.82 bits per heavy atom. The maximum Gasteiger partial charge on any atom is 0.214 e.